The summed E-state index contributed by atoms with van der Waals surface area (Å²) in [6.07, 6.45) is 12.9. The lowest BCUT2D eigenvalue weighted by molar-refractivity contribution is 0.407. The second-order valence-corrected chi connectivity index (χ2v) is 7.07. The lowest BCUT2D eigenvalue weighted by Crippen LogP contribution is -2.41. The van der Waals surface area contributed by atoms with Gasteiger partial charge in [-0.15, -0.1) is 0 Å². The molecule has 132 valence electrons. The van der Waals surface area contributed by atoms with Gasteiger partial charge >= 0.3 is 0 Å². The van der Waals surface area contributed by atoms with E-state index in [4.69, 9.17) is 9.73 Å². The van der Waals surface area contributed by atoms with Crippen LogP contribution >= 0.6 is 0 Å². The van der Waals surface area contributed by atoms with E-state index in [1.54, 1.807) is 7.11 Å². The van der Waals surface area contributed by atoms with Gasteiger partial charge in [0.15, 0.2) is 5.96 Å². The molecule has 1 aromatic carbocycles. The summed E-state index contributed by atoms with van der Waals surface area (Å²) in [5, 5.41) is 7.19. The zero-order chi connectivity index (χ0) is 16.6. The summed E-state index contributed by atoms with van der Waals surface area (Å²) in [6, 6.07) is 9.06. The minimum absolute atomic E-state index is 0.451. The number of hydrogen-bond acceptors (Lipinski definition) is 2. The third-order valence-corrected chi connectivity index (χ3v) is 5.19. The Morgan fingerprint density at radius 2 is 1.62 bits per heavy atom. The summed E-state index contributed by atoms with van der Waals surface area (Å²) in [4.78, 5) is 5.04. The Kier molecular flexibility index (Phi) is 6.39. The Bertz CT molecular complexity index is 531. The summed E-state index contributed by atoms with van der Waals surface area (Å²) in [5.41, 5.74) is 0.984. The molecular weight excluding hydrogens is 298 g/mol. The number of guanidine groups is 1. The quantitative estimate of drug-likeness (QED) is 0.621. The molecule has 0 aromatic heterocycles. The van der Waals surface area contributed by atoms with E-state index in [1.165, 1.54) is 64.2 Å². The number of nitrogens with one attached hydrogen (secondary N) is 2. The van der Waals surface area contributed by atoms with Crippen LogP contribution < -0.4 is 15.4 Å². The van der Waals surface area contributed by atoms with E-state index < -0.39 is 0 Å². The van der Waals surface area contributed by atoms with E-state index in [2.05, 4.69) is 16.7 Å². The number of aliphatic imine (C=N–C) groups is 1. The first kappa shape index (κ1) is 17.1. The zero-order valence-corrected chi connectivity index (χ0v) is 14.9. The maximum atomic E-state index is 5.48. The summed E-state index contributed by atoms with van der Waals surface area (Å²) in [7, 11) is 1.72. The standard InChI is InChI=1S/C20H31N3O/c1-24-19-15-9-8-14-18(19)23-20(21-16-10-4-2-5-11-16)22-17-12-6-3-7-13-17/h8-9,14-17H,2-7,10-13H2,1H3,(H2,21,22,23). The molecule has 0 atom stereocenters. The average Bonchev–Trinajstić information content (AvgIpc) is 2.64. The molecule has 3 rings (SSSR count). The first-order valence-electron chi connectivity index (χ1n) is 9.59. The fourth-order valence-electron chi connectivity index (χ4n) is 3.81. The predicted octanol–water partition coefficient (Wildman–Crippen LogP) is 4.72. The van der Waals surface area contributed by atoms with Gasteiger partial charge in [-0.2, -0.15) is 0 Å². The fourth-order valence-corrected chi connectivity index (χ4v) is 3.81. The molecule has 0 radical (unpaired) electrons. The third kappa shape index (κ3) is 4.89. The van der Waals surface area contributed by atoms with Gasteiger partial charge in [-0.1, -0.05) is 50.7 Å². The van der Waals surface area contributed by atoms with Crippen LogP contribution in [-0.4, -0.2) is 25.2 Å². The van der Waals surface area contributed by atoms with E-state index in [0.29, 0.717) is 12.1 Å². The van der Waals surface area contributed by atoms with Crippen molar-refractivity contribution < 1.29 is 4.74 Å². The molecule has 4 nitrogen and oxygen atoms in total. The monoisotopic (exact) mass is 329 g/mol. The normalized spacial score (nSPS) is 20.6. The van der Waals surface area contributed by atoms with E-state index in [-0.39, 0.29) is 0 Å². The van der Waals surface area contributed by atoms with Crippen LogP contribution in [0.1, 0.15) is 64.2 Å². The molecule has 0 heterocycles. The second kappa shape index (κ2) is 8.95. The predicted molar refractivity (Wildman–Crippen MR) is 101 cm³/mol. The van der Waals surface area contributed by atoms with Crippen molar-refractivity contribution in [2.24, 2.45) is 4.99 Å². The highest BCUT2D eigenvalue weighted by Gasteiger charge is 2.18. The summed E-state index contributed by atoms with van der Waals surface area (Å²) >= 11 is 0. The second-order valence-electron chi connectivity index (χ2n) is 7.07. The topological polar surface area (TPSA) is 45.6 Å². The van der Waals surface area contributed by atoms with Gasteiger partial charge in [-0.05, 0) is 37.8 Å². The largest absolute Gasteiger partial charge is 0.495 e. The van der Waals surface area contributed by atoms with Gasteiger partial charge in [0.05, 0.1) is 18.8 Å². The van der Waals surface area contributed by atoms with Crippen LogP contribution in [0.5, 0.6) is 5.75 Å². The molecule has 0 aliphatic heterocycles. The number of rotatable bonds is 4. The number of hydrogen-bond donors (Lipinski definition) is 2. The highest BCUT2D eigenvalue weighted by Crippen LogP contribution is 2.25. The average molecular weight is 329 g/mol. The third-order valence-electron chi connectivity index (χ3n) is 5.19. The molecule has 0 amide bonds. The number of ether oxygens (including phenoxy) is 1. The van der Waals surface area contributed by atoms with Gasteiger partial charge in [0, 0.05) is 6.04 Å². The molecule has 1 aromatic rings. The molecule has 2 aliphatic carbocycles. The summed E-state index contributed by atoms with van der Waals surface area (Å²) in [5.74, 6) is 1.79. The van der Waals surface area contributed by atoms with Gasteiger partial charge in [0.25, 0.3) is 0 Å². The minimum Gasteiger partial charge on any atom is -0.495 e. The highest BCUT2D eigenvalue weighted by molar-refractivity contribution is 5.95. The number of methoxy groups -OCH3 is 1. The smallest absolute Gasteiger partial charge is 0.196 e. The molecular formula is C20H31N3O. The van der Waals surface area contributed by atoms with Crippen LogP contribution in [0.4, 0.5) is 5.69 Å². The molecule has 2 fully saturated rings. The number of benzene rings is 1. The molecule has 2 N–H and O–H groups in total. The minimum atomic E-state index is 0.451. The van der Waals surface area contributed by atoms with E-state index in [1.807, 2.05) is 18.2 Å². The Morgan fingerprint density at radius 3 is 2.33 bits per heavy atom. The molecule has 4 heteroatoms. The van der Waals surface area contributed by atoms with Crippen LogP contribution in [0.3, 0.4) is 0 Å². The molecule has 0 bridgehead atoms. The molecule has 0 unspecified atom stereocenters. The fraction of sp³-hybridized carbons (Fsp3) is 0.650. The Labute approximate surface area is 146 Å². The van der Waals surface area contributed by atoms with Crippen LogP contribution in [0, 0.1) is 0 Å². The van der Waals surface area contributed by atoms with Crippen molar-refractivity contribution in [3.8, 4) is 5.75 Å². The SMILES string of the molecule is COc1ccccc1NC(=NC1CCCCC1)NC1CCCCC1. The van der Waals surface area contributed by atoms with Gasteiger partial charge in [-0.25, -0.2) is 4.99 Å². The Balaban J connectivity index is 1.73. The van der Waals surface area contributed by atoms with Crippen molar-refractivity contribution in [1.29, 1.82) is 0 Å². The van der Waals surface area contributed by atoms with Crippen molar-refractivity contribution in [3.63, 3.8) is 0 Å². The van der Waals surface area contributed by atoms with Crippen molar-refractivity contribution in [1.82, 2.24) is 5.32 Å². The molecule has 2 saturated carbocycles. The lowest BCUT2D eigenvalue weighted by atomic mass is 9.95. The van der Waals surface area contributed by atoms with Crippen molar-refractivity contribution in [2.45, 2.75) is 76.3 Å². The number of para-hydroxylation sites is 2. The summed E-state index contributed by atoms with van der Waals surface area (Å²) < 4.78 is 5.48. The van der Waals surface area contributed by atoms with Crippen molar-refractivity contribution in [2.75, 3.05) is 12.4 Å². The first-order valence-corrected chi connectivity index (χ1v) is 9.59. The van der Waals surface area contributed by atoms with E-state index >= 15 is 0 Å². The Hall–Kier alpha value is -1.71. The zero-order valence-electron chi connectivity index (χ0n) is 14.9. The van der Waals surface area contributed by atoms with Crippen molar-refractivity contribution in [3.05, 3.63) is 24.3 Å². The lowest BCUT2D eigenvalue weighted by Gasteiger charge is -2.27. The number of nitrogens with zero attached hydrogens (tertiary/aromatic N) is 1. The molecule has 24 heavy (non-hydrogen) atoms. The van der Waals surface area contributed by atoms with Gasteiger partial charge in [-0.3, -0.25) is 0 Å². The first-order chi connectivity index (χ1) is 11.8. The molecule has 2 aliphatic rings. The van der Waals surface area contributed by atoms with Crippen molar-refractivity contribution >= 4 is 11.6 Å². The Morgan fingerprint density at radius 1 is 0.958 bits per heavy atom. The van der Waals surface area contributed by atoms with Gasteiger partial charge in [0.2, 0.25) is 0 Å². The van der Waals surface area contributed by atoms with Gasteiger partial charge < -0.3 is 15.4 Å². The van der Waals surface area contributed by atoms with E-state index in [0.717, 1.165) is 17.4 Å². The van der Waals surface area contributed by atoms with E-state index in [9.17, 15) is 0 Å². The number of anilines is 1. The van der Waals surface area contributed by atoms with Crippen LogP contribution in [0.25, 0.3) is 0 Å². The maximum absolute atomic E-state index is 5.48. The van der Waals surface area contributed by atoms with Crippen LogP contribution in [0.15, 0.2) is 29.3 Å². The van der Waals surface area contributed by atoms with Crippen LogP contribution in [0.2, 0.25) is 0 Å². The highest BCUT2D eigenvalue weighted by atomic mass is 16.5. The maximum Gasteiger partial charge on any atom is 0.196 e. The summed E-state index contributed by atoms with van der Waals surface area (Å²) in [6.45, 7) is 0. The molecule has 0 saturated heterocycles. The van der Waals surface area contributed by atoms with Crippen LogP contribution in [-0.2, 0) is 0 Å². The van der Waals surface area contributed by atoms with Gasteiger partial charge in [0.1, 0.15) is 5.75 Å². The molecule has 0 spiro atoms.